The van der Waals surface area contributed by atoms with E-state index < -0.39 is 0 Å². The van der Waals surface area contributed by atoms with E-state index in [2.05, 4.69) is 5.10 Å². The number of pyridine rings is 1. The maximum Gasteiger partial charge on any atom is 0.263 e. The number of aryl methyl sites for hydroxylation is 2. The van der Waals surface area contributed by atoms with E-state index in [-0.39, 0.29) is 23.1 Å². The minimum atomic E-state index is -0.246. The van der Waals surface area contributed by atoms with Crippen LogP contribution in [-0.4, -0.2) is 38.2 Å². The molecule has 0 spiro atoms. The largest absolute Gasteiger partial charge is 0.336 e. The Hall–Kier alpha value is -2.37. The molecule has 6 heteroatoms. The Bertz CT molecular complexity index is 747. The van der Waals surface area contributed by atoms with Gasteiger partial charge in [0, 0.05) is 32.5 Å². The fraction of sp³-hybridized carbons (Fsp3) is 0.438. The normalized spacial score (nSPS) is 18.5. The van der Waals surface area contributed by atoms with Gasteiger partial charge in [0.1, 0.15) is 5.56 Å². The summed E-state index contributed by atoms with van der Waals surface area (Å²) in [4.78, 5) is 26.5. The average molecular weight is 300 g/mol. The molecule has 0 radical (unpaired) electrons. The molecule has 1 amide bonds. The Morgan fingerprint density at radius 3 is 2.95 bits per heavy atom. The summed E-state index contributed by atoms with van der Waals surface area (Å²) in [6, 6.07) is 3.51. The number of hydrogen-bond acceptors (Lipinski definition) is 3. The van der Waals surface area contributed by atoms with Gasteiger partial charge in [-0.25, -0.2) is 0 Å². The van der Waals surface area contributed by atoms with E-state index in [9.17, 15) is 9.59 Å². The van der Waals surface area contributed by atoms with E-state index in [1.807, 2.05) is 24.0 Å². The second-order valence-electron chi connectivity index (χ2n) is 5.88. The van der Waals surface area contributed by atoms with Crippen LogP contribution in [0.4, 0.5) is 0 Å². The zero-order valence-electron chi connectivity index (χ0n) is 12.9. The standard InChI is InChI=1S/C16H20N4O2/c1-12-9-17-20(10-12)13-5-3-8-19(11-13)16(22)14-6-4-7-18(2)15(14)21/h4,6-7,9-10,13H,3,5,8,11H2,1-2H3/t13-/m0/s1. The van der Waals surface area contributed by atoms with E-state index in [4.69, 9.17) is 0 Å². The van der Waals surface area contributed by atoms with Gasteiger partial charge in [0.25, 0.3) is 11.5 Å². The maximum absolute atomic E-state index is 12.6. The Kier molecular flexibility index (Phi) is 3.83. The smallest absolute Gasteiger partial charge is 0.263 e. The summed E-state index contributed by atoms with van der Waals surface area (Å²) in [6.45, 7) is 3.29. The molecule has 0 aromatic carbocycles. The van der Waals surface area contributed by atoms with Crippen molar-refractivity contribution in [3.8, 4) is 0 Å². The molecule has 0 bridgehead atoms. The van der Waals surface area contributed by atoms with Crippen molar-refractivity contribution in [2.45, 2.75) is 25.8 Å². The topological polar surface area (TPSA) is 60.1 Å². The monoisotopic (exact) mass is 300 g/mol. The van der Waals surface area contributed by atoms with Gasteiger partial charge in [-0.3, -0.25) is 14.3 Å². The highest BCUT2D eigenvalue weighted by molar-refractivity contribution is 5.93. The third kappa shape index (κ3) is 2.68. The number of rotatable bonds is 2. The van der Waals surface area contributed by atoms with Gasteiger partial charge >= 0.3 is 0 Å². The molecule has 0 N–H and O–H groups in total. The van der Waals surface area contributed by atoms with Gasteiger partial charge in [-0.05, 0) is 37.5 Å². The third-order valence-electron chi connectivity index (χ3n) is 4.14. The van der Waals surface area contributed by atoms with Gasteiger partial charge in [-0.1, -0.05) is 0 Å². The van der Waals surface area contributed by atoms with E-state index in [0.29, 0.717) is 13.1 Å². The zero-order valence-corrected chi connectivity index (χ0v) is 12.9. The van der Waals surface area contributed by atoms with Gasteiger partial charge in [-0.2, -0.15) is 5.10 Å². The number of hydrogen-bond donors (Lipinski definition) is 0. The lowest BCUT2D eigenvalue weighted by Crippen LogP contribution is -2.43. The minimum Gasteiger partial charge on any atom is -0.336 e. The molecule has 1 saturated heterocycles. The fourth-order valence-electron chi connectivity index (χ4n) is 2.92. The molecule has 22 heavy (non-hydrogen) atoms. The maximum atomic E-state index is 12.6. The van der Waals surface area contributed by atoms with Crippen LogP contribution in [0.25, 0.3) is 0 Å². The van der Waals surface area contributed by atoms with Crippen molar-refractivity contribution in [1.29, 1.82) is 0 Å². The van der Waals surface area contributed by atoms with Gasteiger partial charge in [0.2, 0.25) is 0 Å². The van der Waals surface area contributed by atoms with Gasteiger partial charge in [-0.15, -0.1) is 0 Å². The van der Waals surface area contributed by atoms with Crippen LogP contribution in [0.3, 0.4) is 0 Å². The average Bonchev–Trinajstić information content (AvgIpc) is 2.96. The molecule has 6 nitrogen and oxygen atoms in total. The van der Waals surface area contributed by atoms with Crippen LogP contribution in [-0.2, 0) is 7.05 Å². The summed E-state index contributed by atoms with van der Waals surface area (Å²) in [5.74, 6) is -0.185. The summed E-state index contributed by atoms with van der Waals surface area (Å²) >= 11 is 0. The van der Waals surface area contributed by atoms with Crippen molar-refractivity contribution in [3.63, 3.8) is 0 Å². The first-order valence-corrected chi connectivity index (χ1v) is 7.52. The number of likely N-dealkylation sites (tertiary alicyclic amines) is 1. The van der Waals surface area contributed by atoms with Crippen LogP contribution in [0, 0.1) is 6.92 Å². The van der Waals surface area contributed by atoms with E-state index in [0.717, 1.165) is 18.4 Å². The van der Waals surface area contributed by atoms with Crippen LogP contribution < -0.4 is 5.56 Å². The number of amides is 1. The highest BCUT2D eigenvalue weighted by Crippen LogP contribution is 2.22. The lowest BCUT2D eigenvalue weighted by atomic mass is 10.0. The molecule has 116 valence electrons. The highest BCUT2D eigenvalue weighted by atomic mass is 16.2. The second-order valence-corrected chi connectivity index (χ2v) is 5.88. The lowest BCUT2D eigenvalue weighted by Gasteiger charge is -2.32. The first kappa shape index (κ1) is 14.6. The van der Waals surface area contributed by atoms with Gasteiger partial charge < -0.3 is 9.47 Å². The number of piperidine rings is 1. The number of carbonyl (C=O) groups excluding carboxylic acids is 1. The fourth-order valence-corrected chi connectivity index (χ4v) is 2.92. The molecule has 1 aliphatic rings. The molecular weight excluding hydrogens is 280 g/mol. The summed E-state index contributed by atoms with van der Waals surface area (Å²) < 4.78 is 3.36. The summed E-state index contributed by atoms with van der Waals surface area (Å²) in [7, 11) is 1.66. The van der Waals surface area contributed by atoms with E-state index in [1.165, 1.54) is 4.57 Å². The second kappa shape index (κ2) is 5.79. The Labute approximate surface area is 129 Å². The van der Waals surface area contributed by atoms with Crippen LogP contribution in [0.1, 0.15) is 34.8 Å². The minimum absolute atomic E-state index is 0.180. The van der Waals surface area contributed by atoms with Crippen molar-refractivity contribution in [1.82, 2.24) is 19.2 Å². The number of aromatic nitrogens is 3. The molecule has 2 aromatic rings. The lowest BCUT2D eigenvalue weighted by molar-refractivity contribution is 0.0670. The Morgan fingerprint density at radius 1 is 1.41 bits per heavy atom. The van der Waals surface area contributed by atoms with Crippen LogP contribution in [0.5, 0.6) is 0 Å². The van der Waals surface area contributed by atoms with Crippen molar-refractivity contribution < 1.29 is 4.79 Å². The first-order chi connectivity index (χ1) is 10.6. The van der Waals surface area contributed by atoms with E-state index >= 15 is 0 Å². The van der Waals surface area contributed by atoms with Gasteiger partial charge in [0.15, 0.2) is 0 Å². The molecule has 1 aliphatic heterocycles. The Morgan fingerprint density at radius 2 is 2.23 bits per heavy atom. The van der Waals surface area contributed by atoms with Crippen molar-refractivity contribution in [3.05, 3.63) is 52.2 Å². The van der Waals surface area contributed by atoms with Crippen LogP contribution >= 0.6 is 0 Å². The molecule has 0 saturated carbocycles. The van der Waals surface area contributed by atoms with Crippen LogP contribution in [0.15, 0.2) is 35.5 Å². The molecule has 3 heterocycles. The molecular formula is C16H20N4O2. The molecule has 3 rings (SSSR count). The van der Waals surface area contributed by atoms with Gasteiger partial charge in [0.05, 0.1) is 12.2 Å². The number of nitrogens with zero attached hydrogens (tertiary/aromatic N) is 4. The molecule has 1 fully saturated rings. The molecule has 2 aromatic heterocycles. The van der Waals surface area contributed by atoms with Crippen LogP contribution in [0.2, 0.25) is 0 Å². The molecule has 1 atom stereocenters. The van der Waals surface area contributed by atoms with Crippen molar-refractivity contribution >= 4 is 5.91 Å². The SMILES string of the molecule is Cc1cnn([C@H]2CCCN(C(=O)c3cccn(C)c3=O)C2)c1. The summed E-state index contributed by atoms with van der Waals surface area (Å²) in [6.07, 6.45) is 7.40. The predicted molar refractivity (Wildman–Crippen MR) is 82.8 cm³/mol. The number of carbonyl (C=O) groups is 1. The third-order valence-corrected chi connectivity index (χ3v) is 4.14. The Balaban J connectivity index is 1.81. The van der Waals surface area contributed by atoms with Crippen molar-refractivity contribution in [2.75, 3.05) is 13.1 Å². The highest BCUT2D eigenvalue weighted by Gasteiger charge is 2.27. The molecule has 0 aliphatic carbocycles. The molecule has 0 unspecified atom stereocenters. The first-order valence-electron chi connectivity index (χ1n) is 7.52. The summed E-state index contributed by atoms with van der Waals surface area (Å²) in [5, 5.41) is 4.35. The summed E-state index contributed by atoms with van der Waals surface area (Å²) in [5.41, 5.74) is 1.10. The zero-order chi connectivity index (χ0) is 15.7. The predicted octanol–water partition coefficient (Wildman–Crippen LogP) is 1.37. The van der Waals surface area contributed by atoms with Crippen molar-refractivity contribution in [2.24, 2.45) is 7.05 Å². The van der Waals surface area contributed by atoms with E-state index in [1.54, 1.807) is 30.3 Å². The quantitative estimate of drug-likeness (QED) is 0.841.